The molecule has 2 aromatic carbocycles. The van der Waals surface area contributed by atoms with E-state index in [4.69, 9.17) is 0 Å². The van der Waals surface area contributed by atoms with Crippen LogP contribution in [-0.4, -0.2) is 34.8 Å². The van der Waals surface area contributed by atoms with Gasteiger partial charge < -0.3 is 10.2 Å². The molecule has 0 fully saturated rings. The van der Waals surface area contributed by atoms with Gasteiger partial charge >= 0.3 is 0 Å². The van der Waals surface area contributed by atoms with Crippen LogP contribution in [0.25, 0.3) is 11.0 Å². The summed E-state index contributed by atoms with van der Waals surface area (Å²) < 4.78 is 1.84. The molecule has 4 aromatic rings. The maximum Gasteiger partial charge on any atom is 0.257 e. The Morgan fingerprint density at radius 1 is 1.07 bits per heavy atom. The number of amides is 1. The van der Waals surface area contributed by atoms with Crippen molar-refractivity contribution in [3.63, 3.8) is 0 Å². The molecule has 0 unspecified atom stereocenters. The van der Waals surface area contributed by atoms with Crippen molar-refractivity contribution in [2.45, 2.75) is 13.5 Å². The van der Waals surface area contributed by atoms with Gasteiger partial charge in [-0.1, -0.05) is 30.3 Å². The molecule has 0 aliphatic rings. The van der Waals surface area contributed by atoms with Crippen molar-refractivity contribution in [1.29, 1.82) is 0 Å². The monoisotopic (exact) mass is 385 g/mol. The lowest BCUT2D eigenvalue weighted by molar-refractivity contribution is 0.102. The summed E-state index contributed by atoms with van der Waals surface area (Å²) >= 11 is 0. The highest BCUT2D eigenvalue weighted by molar-refractivity contribution is 6.06. The number of rotatable bonds is 5. The van der Waals surface area contributed by atoms with Crippen LogP contribution in [0, 0.1) is 6.92 Å². The van der Waals surface area contributed by atoms with Gasteiger partial charge in [0.1, 0.15) is 0 Å². The van der Waals surface area contributed by atoms with Crippen LogP contribution in [0.3, 0.4) is 0 Å². The summed E-state index contributed by atoms with van der Waals surface area (Å²) in [6.07, 6.45) is 3.35. The Balaban J connectivity index is 1.54. The number of hydrogen-bond donors (Lipinski definition) is 1. The quantitative estimate of drug-likeness (QED) is 0.562. The van der Waals surface area contributed by atoms with Crippen LogP contribution < -0.4 is 10.2 Å². The smallest absolute Gasteiger partial charge is 0.257 e. The Bertz CT molecular complexity index is 1160. The molecule has 6 heteroatoms. The highest BCUT2D eigenvalue weighted by atomic mass is 16.1. The zero-order chi connectivity index (χ0) is 20.4. The Morgan fingerprint density at radius 3 is 2.59 bits per heavy atom. The van der Waals surface area contributed by atoms with E-state index in [-0.39, 0.29) is 5.91 Å². The van der Waals surface area contributed by atoms with Crippen molar-refractivity contribution < 1.29 is 4.79 Å². The van der Waals surface area contributed by atoms with Crippen molar-refractivity contribution in [2.24, 2.45) is 0 Å². The van der Waals surface area contributed by atoms with Gasteiger partial charge in [-0.05, 0) is 42.3 Å². The van der Waals surface area contributed by atoms with E-state index in [9.17, 15) is 4.79 Å². The fourth-order valence-electron chi connectivity index (χ4n) is 3.23. The van der Waals surface area contributed by atoms with E-state index >= 15 is 0 Å². The van der Waals surface area contributed by atoms with Crippen LogP contribution in [0.5, 0.6) is 0 Å². The molecule has 0 radical (unpaired) electrons. The molecule has 6 nitrogen and oxygen atoms in total. The largest absolute Gasteiger partial charge is 0.378 e. The second kappa shape index (κ2) is 7.75. The Hall–Kier alpha value is -3.67. The molecule has 146 valence electrons. The molecule has 4 rings (SSSR count). The average molecular weight is 385 g/mol. The lowest BCUT2D eigenvalue weighted by Gasteiger charge is -2.15. The van der Waals surface area contributed by atoms with Gasteiger partial charge in [0.2, 0.25) is 0 Å². The predicted molar refractivity (Wildman–Crippen MR) is 117 cm³/mol. The van der Waals surface area contributed by atoms with Gasteiger partial charge in [-0.2, -0.15) is 5.10 Å². The molecule has 1 N–H and O–H groups in total. The lowest BCUT2D eigenvalue weighted by Crippen LogP contribution is -2.14. The molecule has 0 aliphatic heterocycles. The second-order valence-corrected chi connectivity index (χ2v) is 7.27. The molecule has 0 saturated heterocycles. The van der Waals surface area contributed by atoms with Gasteiger partial charge in [0.05, 0.1) is 18.3 Å². The molecule has 29 heavy (non-hydrogen) atoms. The van der Waals surface area contributed by atoms with Crippen LogP contribution in [0.4, 0.5) is 11.4 Å². The summed E-state index contributed by atoms with van der Waals surface area (Å²) in [5, 5.41) is 8.25. The van der Waals surface area contributed by atoms with Crippen molar-refractivity contribution in [3.05, 3.63) is 83.7 Å². The second-order valence-electron chi connectivity index (χ2n) is 7.27. The third-order valence-electron chi connectivity index (χ3n) is 4.89. The zero-order valence-electron chi connectivity index (χ0n) is 16.8. The number of carbonyl (C=O) groups is 1. The number of fused-ring (bicyclic) bond motifs is 1. The van der Waals surface area contributed by atoms with Gasteiger partial charge in [0.15, 0.2) is 5.65 Å². The standard InChI is InChI=1S/C23H23N5O/c1-16-11-20(27(2)3)9-10-21(16)26-23(29)19-12-18-14-25-28(22(18)24-13-19)15-17-7-5-4-6-8-17/h4-14H,15H2,1-3H3,(H,26,29). The van der Waals surface area contributed by atoms with Crippen LogP contribution in [0.15, 0.2) is 67.0 Å². The molecule has 0 bridgehead atoms. The maximum absolute atomic E-state index is 12.7. The zero-order valence-corrected chi connectivity index (χ0v) is 16.8. The molecule has 0 spiro atoms. The Morgan fingerprint density at radius 2 is 1.86 bits per heavy atom. The van der Waals surface area contributed by atoms with E-state index in [0.717, 1.165) is 33.5 Å². The molecule has 0 aliphatic carbocycles. The topological polar surface area (TPSA) is 63.1 Å². The van der Waals surface area contributed by atoms with Gasteiger partial charge in [-0.25, -0.2) is 9.67 Å². The molecule has 2 aromatic heterocycles. The molecular formula is C23H23N5O. The first-order valence-corrected chi connectivity index (χ1v) is 9.46. The number of anilines is 2. The fraction of sp³-hybridized carbons (Fsp3) is 0.174. The third kappa shape index (κ3) is 3.96. The average Bonchev–Trinajstić information content (AvgIpc) is 3.12. The molecule has 2 heterocycles. The Labute approximate surface area is 169 Å². The molecule has 1 amide bonds. The number of aromatic nitrogens is 3. The molecule has 0 saturated carbocycles. The van der Waals surface area contributed by atoms with Gasteiger partial charge in [0.25, 0.3) is 5.91 Å². The van der Waals surface area contributed by atoms with Crippen LogP contribution >= 0.6 is 0 Å². The van der Waals surface area contributed by atoms with E-state index in [0.29, 0.717) is 12.1 Å². The van der Waals surface area contributed by atoms with E-state index in [2.05, 4.69) is 27.5 Å². The van der Waals surface area contributed by atoms with E-state index in [1.807, 2.05) is 73.1 Å². The van der Waals surface area contributed by atoms with Gasteiger partial charge in [0, 0.05) is 37.1 Å². The van der Waals surface area contributed by atoms with E-state index in [1.54, 1.807) is 12.4 Å². The normalized spacial score (nSPS) is 10.9. The number of pyridine rings is 1. The van der Waals surface area contributed by atoms with Gasteiger partial charge in [-0.15, -0.1) is 0 Å². The summed E-state index contributed by atoms with van der Waals surface area (Å²) in [5.74, 6) is -0.184. The number of nitrogens with zero attached hydrogens (tertiary/aromatic N) is 4. The minimum absolute atomic E-state index is 0.184. The first-order chi connectivity index (χ1) is 14.0. The van der Waals surface area contributed by atoms with Crippen LogP contribution in [0.1, 0.15) is 21.5 Å². The first-order valence-electron chi connectivity index (χ1n) is 9.46. The van der Waals surface area contributed by atoms with Crippen molar-refractivity contribution in [1.82, 2.24) is 14.8 Å². The summed E-state index contributed by atoms with van der Waals surface area (Å²) in [6.45, 7) is 2.62. The highest BCUT2D eigenvalue weighted by Gasteiger charge is 2.12. The number of benzene rings is 2. The highest BCUT2D eigenvalue weighted by Crippen LogP contribution is 2.22. The number of carbonyl (C=O) groups excluding carboxylic acids is 1. The van der Waals surface area contributed by atoms with Crippen LogP contribution in [-0.2, 0) is 6.54 Å². The summed E-state index contributed by atoms with van der Waals surface area (Å²) in [5.41, 5.74) is 5.31. The van der Waals surface area contributed by atoms with Crippen LogP contribution in [0.2, 0.25) is 0 Å². The van der Waals surface area contributed by atoms with Gasteiger partial charge in [-0.3, -0.25) is 4.79 Å². The SMILES string of the molecule is Cc1cc(N(C)C)ccc1NC(=O)c1cnc2c(cnn2Cc2ccccc2)c1. The maximum atomic E-state index is 12.7. The molecular weight excluding hydrogens is 362 g/mol. The fourth-order valence-corrected chi connectivity index (χ4v) is 3.23. The van der Waals surface area contributed by atoms with Crippen molar-refractivity contribution >= 4 is 28.3 Å². The summed E-state index contributed by atoms with van der Waals surface area (Å²) in [4.78, 5) is 19.3. The summed E-state index contributed by atoms with van der Waals surface area (Å²) in [6, 6.07) is 17.9. The minimum atomic E-state index is -0.184. The number of aryl methyl sites for hydroxylation is 1. The number of nitrogens with one attached hydrogen (secondary N) is 1. The Kier molecular flexibility index (Phi) is 4.99. The van der Waals surface area contributed by atoms with Crippen molar-refractivity contribution in [3.8, 4) is 0 Å². The summed E-state index contributed by atoms with van der Waals surface area (Å²) in [7, 11) is 3.98. The predicted octanol–water partition coefficient (Wildman–Crippen LogP) is 4.11. The minimum Gasteiger partial charge on any atom is -0.378 e. The number of hydrogen-bond acceptors (Lipinski definition) is 4. The van der Waals surface area contributed by atoms with E-state index < -0.39 is 0 Å². The van der Waals surface area contributed by atoms with Crippen molar-refractivity contribution in [2.75, 3.05) is 24.3 Å². The molecule has 0 atom stereocenters. The lowest BCUT2D eigenvalue weighted by atomic mass is 10.1. The van der Waals surface area contributed by atoms with E-state index in [1.165, 1.54) is 0 Å². The third-order valence-corrected chi connectivity index (χ3v) is 4.89. The first kappa shape index (κ1) is 18.7.